The van der Waals surface area contributed by atoms with Gasteiger partial charge in [-0.15, -0.1) is 22.9 Å². The summed E-state index contributed by atoms with van der Waals surface area (Å²) in [4.78, 5) is 0. The number of hydrogen-bond acceptors (Lipinski definition) is 2. The fraction of sp³-hybridized carbons (Fsp3) is 0.200. The first-order chi connectivity index (χ1) is 4.33. The van der Waals surface area contributed by atoms with Crippen LogP contribution in [0.1, 0.15) is 0 Å². The zero-order valence-corrected chi connectivity index (χ0v) is 7.68. The zero-order valence-electron chi connectivity index (χ0n) is 4.53. The van der Waals surface area contributed by atoms with Crippen LogP contribution < -0.4 is 5.32 Å². The second-order valence-electron chi connectivity index (χ2n) is 1.44. The summed E-state index contributed by atoms with van der Waals surface area (Å²) in [5, 5.41) is 6.09. The zero-order chi connectivity index (χ0) is 6.69. The highest BCUT2D eigenvalue weighted by atomic mass is 79.9. The topological polar surface area (TPSA) is 12.0 Å². The molecule has 1 nitrogen and oxygen atoms in total. The molecule has 1 rings (SSSR count). The largest absolute Gasteiger partial charge is 0.363 e. The van der Waals surface area contributed by atoms with Gasteiger partial charge >= 0.3 is 0 Å². The van der Waals surface area contributed by atoms with Crippen molar-refractivity contribution >= 4 is 43.9 Å². The monoisotopic (exact) mass is 225 g/mol. The van der Waals surface area contributed by atoms with Crippen LogP contribution in [0.4, 0.5) is 5.00 Å². The molecule has 1 aromatic heterocycles. The van der Waals surface area contributed by atoms with E-state index < -0.39 is 0 Å². The van der Waals surface area contributed by atoms with E-state index in [9.17, 15) is 0 Å². The molecule has 0 aliphatic rings. The maximum absolute atomic E-state index is 5.43. The van der Waals surface area contributed by atoms with Crippen LogP contribution in [0, 0.1) is 0 Å². The molecule has 9 heavy (non-hydrogen) atoms. The lowest BCUT2D eigenvalue weighted by atomic mass is 10.6. The van der Waals surface area contributed by atoms with Crippen LogP contribution in [-0.2, 0) is 0 Å². The molecule has 0 amide bonds. The molecular formula is C5H5BrClNS. The molecule has 0 saturated heterocycles. The molecule has 0 spiro atoms. The third-order valence-corrected chi connectivity index (χ3v) is 2.59. The Morgan fingerprint density at radius 2 is 2.56 bits per heavy atom. The second kappa shape index (κ2) is 3.44. The van der Waals surface area contributed by atoms with Gasteiger partial charge in [-0.05, 0) is 22.0 Å². The van der Waals surface area contributed by atoms with E-state index in [4.69, 9.17) is 11.6 Å². The molecule has 0 unspecified atom stereocenters. The van der Waals surface area contributed by atoms with Crippen molar-refractivity contribution in [3.8, 4) is 0 Å². The van der Waals surface area contributed by atoms with E-state index in [1.165, 1.54) is 0 Å². The van der Waals surface area contributed by atoms with Crippen molar-refractivity contribution in [3.05, 3.63) is 15.9 Å². The molecular weight excluding hydrogens is 221 g/mol. The van der Waals surface area contributed by atoms with Crippen molar-refractivity contribution in [2.24, 2.45) is 0 Å². The number of alkyl halides is 1. The number of nitrogens with one attached hydrogen (secondary N) is 1. The van der Waals surface area contributed by atoms with Crippen LogP contribution in [0.3, 0.4) is 0 Å². The summed E-state index contributed by atoms with van der Waals surface area (Å²) in [6, 6.07) is 2.46. The van der Waals surface area contributed by atoms with Gasteiger partial charge in [0.1, 0.15) is 0 Å². The van der Waals surface area contributed by atoms with Crippen molar-refractivity contribution in [3.63, 3.8) is 0 Å². The van der Waals surface area contributed by atoms with Crippen LogP contribution in [0.15, 0.2) is 15.9 Å². The van der Waals surface area contributed by atoms with Gasteiger partial charge in [-0.2, -0.15) is 0 Å². The molecule has 0 aliphatic heterocycles. The summed E-state index contributed by atoms with van der Waals surface area (Å²) in [6.45, 7) is 0. The lowest BCUT2D eigenvalue weighted by Crippen LogP contribution is -1.89. The van der Waals surface area contributed by atoms with Gasteiger partial charge in [0, 0.05) is 9.85 Å². The van der Waals surface area contributed by atoms with Gasteiger partial charge in [0.2, 0.25) is 0 Å². The number of rotatable bonds is 2. The summed E-state index contributed by atoms with van der Waals surface area (Å²) in [5.74, 6) is 0. The van der Waals surface area contributed by atoms with Gasteiger partial charge in [0.05, 0.1) is 11.0 Å². The van der Waals surface area contributed by atoms with Crippen LogP contribution in [0.2, 0.25) is 0 Å². The van der Waals surface area contributed by atoms with Crippen LogP contribution in [0.25, 0.3) is 0 Å². The Hall–Kier alpha value is 0.270. The second-order valence-corrected chi connectivity index (χ2v) is 3.53. The highest BCUT2D eigenvalue weighted by Crippen LogP contribution is 2.24. The maximum Gasteiger partial charge on any atom is 0.0908 e. The Labute approximate surface area is 71.2 Å². The van der Waals surface area contributed by atoms with E-state index >= 15 is 0 Å². The number of anilines is 1. The molecule has 1 aromatic rings. The predicted molar refractivity (Wildman–Crippen MR) is 46.4 cm³/mol. The Morgan fingerprint density at radius 3 is 3.00 bits per heavy atom. The van der Waals surface area contributed by atoms with E-state index in [0.29, 0.717) is 6.00 Å². The van der Waals surface area contributed by atoms with Crippen molar-refractivity contribution in [2.45, 2.75) is 0 Å². The van der Waals surface area contributed by atoms with Crippen molar-refractivity contribution < 1.29 is 0 Å². The van der Waals surface area contributed by atoms with E-state index in [1.54, 1.807) is 11.3 Å². The van der Waals surface area contributed by atoms with Crippen LogP contribution in [-0.4, -0.2) is 6.00 Å². The van der Waals surface area contributed by atoms with Gasteiger partial charge in [-0.25, -0.2) is 0 Å². The minimum Gasteiger partial charge on any atom is -0.363 e. The molecule has 0 aliphatic carbocycles. The number of hydrogen-bond donors (Lipinski definition) is 1. The molecule has 0 aromatic carbocycles. The molecule has 0 saturated carbocycles. The lowest BCUT2D eigenvalue weighted by molar-refractivity contribution is 1.51. The lowest BCUT2D eigenvalue weighted by Gasteiger charge is -1.91. The molecule has 0 radical (unpaired) electrons. The first kappa shape index (κ1) is 7.38. The van der Waals surface area contributed by atoms with Crippen LogP contribution in [0.5, 0.6) is 0 Å². The number of halogens is 2. The molecule has 4 heteroatoms. The normalized spacial score (nSPS) is 9.56. The van der Waals surface area contributed by atoms with E-state index in [-0.39, 0.29) is 0 Å². The minimum atomic E-state index is 0.465. The Balaban J connectivity index is 2.61. The Morgan fingerprint density at radius 1 is 1.78 bits per heavy atom. The Bertz CT molecular complexity index is 189. The van der Waals surface area contributed by atoms with Gasteiger partial charge in [0.25, 0.3) is 0 Å². The summed E-state index contributed by atoms with van der Waals surface area (Å²) >= 11 is 10.4. The first-order valence-electron chi connectivity index (χ1n) is 2.37. The first-order valence-corrected chi connectivity index (χ1v) is 4.57. The summed E-state index contributed by atoms with van der Waals surface area (Å²) in [5.41, 5.74) is 0. The van der Waals surface area contributed by atoms with Crippen molar-refractivity contribution in [2.75, 3.05) is 11.3 Å². The predicted octanol–water partition coefficient (Wildman–Crippen LogP) is 3.12. The van der Waals surface area contributed by atoms with Gasteiger partial charge in [0.15, 0.2) is 0 Å². The standard InChI is InChI=1S/C5H5BrClNS/c6-4-1-5(8-3-7)9-2-4/h1-2,8H,3H2. The van der Waals surface area contributed by atoms with E-state index in [1.807, 2.05) is 11.4 Å². The van der Waals surface area contributed by atoms with Crippen molar-refractivity contribution in [1.82, 2.24) is 0 Å². The smallest absolute Gasteiger partial charge is 0.0908 e. The quantitative estimate of drug-likeness (QED) is 0.603. The Kier molecular flexibility index (Phi) is 2.82. The molecule has 0 fully saturated rings. The minimum absolute atomic E-state index is 0.465. The van der Waals surface area contributed by atoms with E-state index in [2.05, 4.69) is 21.2 Å². The maximum atomic E-state index is 5.43. The van der Waals surface area contributed by atoms with Crippen molar-refractivity contribution in [1.29, 1.82) is 0 Å². The van der Waals surface area contributed by atoms with Gasteiger partial charge < -0.3 is 5.32 Å². The summed E-state index contributed by atoms with van der Waals surface area (Å²) in [7, 11) is 0. The fourth-order valence-electron chi connectivity index (χ4n) is 0.472. The average molecular weight is 227 g/mol. The molecule has 1 heterocycles. The van der Waals surface area contributed by atoms with E-state index in [0.717, 1.165) is 9.47 Å². The third-order valence-electron chi connectivity index (χ3n) is 0.809. The fourth-order valence-corrected chi connectivity index (χ4v) is 2.01. The third kappa shape index (κ3) is 2.16. The highest BCUT2D eigenvalue weighted by Gasteiger charge is 1.92. The average Bonchev–Trinajstić information content (AvgIpc) is 2.17. The number of thiophene rings is 1. The van der Waals surface area contributed by atoms with Gasteiger partial charge in [-0.3, -0.25) is 0 Å². The highest BCUT2D eigenvalue weighted by molar-refractivity contribution is 9.10. The molecule has 0 bridgehead atoms. The van der Waals surface area contributed by atoms with Crippen LogP contribution >= 0.6 is 38.9 Å². The van der Waals surface area contributed by atoms with Gasteiger partial charge in [-0.1, -0.05) is 0 Å². The SMILES string of the molecule is ClCNc1cc(Br)cs1. The molecule has 0 atom stereocenters. The molecule has 1 N–H and O–H groups in total. The molecule has 50 valence electrons. The summed E-state index contributed by atoms with van der Waals surface area (Å²) < 4.78 is 1.10. The summed E-state index contributed by atoms with van der Waals surface area (Å²) in [6.07, 6.45) is 0.